The van der Waals surface area contributed by atoms with Crippen molar-refractivity contribution in [3.05, 3.63) is 72.3 Å². The lowest BCUT2D eigenvalue weighted by Gasteiger charge is -2.06. The summed E-state index contributed by atoms with van der Waals surface area (Å²) in [5.41, 5.74) is 4.54. The highest BCUT2D eigenvalue weighted by atomic mass is 32.2. The maximum Gasteiger partial charge on any atom is 0.182 e. The Balaban J connectivity index is 1.84. The molecule has 3 aromatic rings. The largest absolute Gasteiger partial charge is 0.507 e. The van der Waals surface area contributed by atoms with Crippen molar-refractivity contribution in [2.24, 2.45) is 10.1 Å². The SMILES string of the molecule is CCSC(=Nc1ccccc1)N/N=C/c1c(O)ccc2ccccc12. The minimum absolute atomic E-state index is 0.203. The molecule has 4 nitrogen and oxygen atoms in total. The van der Waals surface area contributed by atoms with Gasteiger partial charge in [0.25, 0.3) is 0 Å². The monoisotopic (exact) mass is 349 g/mol. The van der Waals surface area contributed by atoms with Crippen molar-refractivity contribution in [2.75, 3.05) is 5.75 Å². The summed E-state index contributed by atoms with van der Waals surface area (Å²) < 4.78 is 0. The molecule has 3 rings (SSSR count). The van der Waals surface area contributed by atoms with Gasteiger partial charge >= 0.3 is 0 Å². The fourth-order valence-corrected chi connectivity index (χ4v) is 2.98. The Morgan fingerprint density at radius 1 is 1.04 bits per heavy atom. The molecule has 0 aliphatic rings. The Bertz CT molecular complexity index is 907. The fourth-order valence-electron chi connectivity index (χ4n) is 2.42. The number of para-hydroxylation sites is 1. The van der Waals surface area contributed by atoms with Crippen LogP contribution in [-0.2, 0) is 0 Å². The van der Waals surface area contributed by atoms with Crippen molar-refractivity contribution in [3.8, 4) is 5.75 Å². The molecule has 3 aromatic carbocycles. The third-order valence-electron chi connectivity index (χ3n) is 3.57. The number of aromatic hydroxyl groups is 1. The number of hydrazone groups is 1. The van der Waals surface area contributed by atoms with Crippen molar-refractivity contribution >= 4 is 39.6 Å². The van der Waals surface area contributed by atoms with E-state index in [4.69, 9.17) is 0 Å². The molecule has 0 bridgehead atoms. The molecule has 0 spiro atoms. The average molecular weight is 349 g/mol. The van der Waals surface area contributed by atoms with Gasteiger partial charge in [-0.1, -0.05) is 67.2 Å². The lowest BCUT2D eigenvalue weighted by atomic mass is 10.0. The number of benzene rings is 3. The van der Waals surface area contributed by atoms with E-state index in [9.17, 15) is 5.11 Å². The molecule has 126 valence electrons. The number of nitrogens with zero attached hydrogens (tertiary/aromatic N) is 2. The maximum absolute atomic E-state index is 10.2. The second-order valence-corrected chi connectivity index (χ2v) is 6.53. The van der Waals surface area contributed by atoms with Gasteiger partial charge in [-0.3, -0.25) is 5.43 Å². The molecule has 0 aliphatic heterocycles. The Hall–Kier alpha value is -2.79. The van der Waals surface area contributed by atoms with Crippen molar-refractivity contribution in [3.63, 3.8) is 0 Å². The molecule has 0 amide bonds. The number of thioether (sulfide) groups is 1. The predicted octanol–water partition coefficient (Wildman–Crippen LogP) is 4.91. The maximum atomic E-state index is 10.2. The van der Waals surface area contributed by atoms with Gasteiger partial charge in [0.1, 0.15) is 5.75 Å². The summed E-state index contributed by atoms with van der Waals surface area (Å²) in [7, 11) is 0. The molecule has 0 aliphatic carbocycles. The molecule has 0 atom stereocenters. The Morgan fingerprint density at radius 3 is 2.60 bits per heavy atom. The lowest BCUT2D eigenvalue weighted by molar-refractivity contribution is 0.475. The number of nitrogens with one attached hydrogen (secondary N) is 1. The fraction of sp³-hybridized carbons (Fsp3) is 0.100. The molecule has 25 heavy (non-hydrogen) atoms. The van der Waals surface area contributed by atoms with Gasteiger partial charge in [0, 0.05) is 5.56 Å². The van der Waals surface area contributed by atoms with Gasteiger partial charge in [-0.05, 0) is 34.7 Å². The number of fused-ring (bicyclic) bond motifs is 1. The van der Waals surface area contributed by atoms with E-state index in [2.05, 4.69) is 22.4 Å². The van der Waals surface area contributed by atoms with Crippen molar-refractivity contribution in [1.82, 2.24) is 5.43 Å². The van der Waals surface area contributed by atoms with E-state index in [1.807, 2.05) is 60.7 Å². The molecular formula is C20H19N3OS. The van der Waals surface area contributed by atoms with E-state index in [0.717, 1.165) is 22.2 Å². The van der Waals surface area contributed by atoms with E-state index >= 15 is 0 Å². The van der Waals surface area contributed by atoms with Crippen LogP contribution >= 0.6 is 11.8 Å². The van der Waals surface area contributed by atoms with Gasteiger partial charge in [0.05, 0.1) is 11.9 Å². The van der Waals surface area contributed by atoms with Crippen LogP contribution in [0.5, 0.6) is 5.75 Å². The summed E-state index contributed by atoms with van der Waals surface area (Å²) in [5.74, 6) is 1.09. The number of aliphatic imine (C=N–C) groups is 1. The van der Waals surface area contributed by atoms with Crippen LogP contribution < -0.4 is 5.43 Å². The first kappa shape index (κ1) is 17.0. The quantitative estimate of drug-likeness (QED) is 0.400. The first-order chi connectivity index (χ1) is 12.3. The van der Waals surface area contributed by atoms with Crippen LogP contribution in [-0.4, -0.2) is 22.2 Å². The van der Waals surface area contributed by atoms with Gasteiger partial charge in [-0.2, -0.15) is 5.10 Å². The zero-order chi connectivity index (χ0) is 17.5. The zero-order valence-corrected chi connectivity index (χ0v) is 14.7. The zero-order valence-electron chi connectivity index (χ0n) is 13.9. The summed E-state index contributed by atoms with van der Waals surface area (Å²) in [5, 5.41) is 17.2. The van der Waals surface area contributed by atoms with Gasteiger partial charge in [-0.15, -0.1) is 0 Å². The highest BCUT2D eigenvalue weighted by Gasteiger charge is 2.04. The van der Waals surface area contributed by atoms with Crippen LogP contribution in [0.3, 0.4) is 0 Å². The highest BCUT2D eigenvalue weighted by molar-refractivity contribution is 8.13. The first-order valence-electron chi connectivity index (χ1n) is 8.04. The van der Waals surface area contributed by atoms with Gasteiger partial charge in [0.2, 0.25) is 0 Å². The van der Waals surface area contributed by atoms with Crippen molar-refractivity contribution in [2.45, 2.75) is 6.92 Å². The van der Waals surface area contributed by atoms with Crippen LogP contribution in [0.2, 0.25) is 0 Å². The van der Waals surface area contributed by atoms with Crippen LogP contribution in [0.4, 0.5) is 5.69 Å². The molecule has 2 N–H and O–H groups in total. The number of phenolic OH excluding ortho intramolecular Hbond substituents is 1. The third-order valence-corrected chi connectivity index (χ3v) is 4.31. The molecular weight excluding hydrogens is 330 g/mol. The molecule has 0 saturated carbocycles. The van der Waals surface area contributed by atoms with Crippen LogP contribution in [0.1, 0.15) is 12.5 Å². The minimum Gasteiger partial charge on any atom is -0.507 e. The van der Waals surface area contributed by atoms with Crippen LogP contribution in [0, 0.1) is 0 Å². The number of amidine groups is 1. The Kier molecular flexibility index (Phi) is 5.69. The summed E-state index contributed by atoms with van der Waals surface area (Å²) in [6.45, 7) is 2.06. The summed E-state index contributed by atoms with van der Waals surface area (Å²) in [4.78, 5) is 4.56. The molecule has 5 heteroatoms. The normalized spacial score (nSPS) is 12.0. The van der Waals surface area contributed by atoms with Crippen LogP contribution in [0.25, 0.3) is 10.8 Å². The Labute approximate surface area is 151 Å². The lowest BCUT2D eigenvalue weighted by Crippen LogP contribution is -2.14. The predicted molar refractivity (Wildman–Crippen MR) is 108 cm³/mol. The van der Waals surface area contributed by atoms with E-state index < -0.39 is 0 Å². The number of hydrogen-bond donors (Lipinski definition) is 2. The minimum atomic E-state index is 0.203. The second-order valence-electron chi connectivity index (χ2n) is 5.28. The number of rotatable bonds is 4. The smallest absolute Gasteiger partial charge is 0.182 e. The summed E-state index contributed by atoms with van der Waals surface area (Å²) >= 11 is 1.58. The van der Waals surface area contributed by atoms with E-state index in [1.54, 1.807) is 24.0 Å². The topological polar surface area (TPSA) is 57.0 Å². The molecule has 0 aromatic heterocycles. The van der Waals surface area contributed by atoms with E-state index in [-0.39, 0.29) is 5.75 Å². The molecule has 0 unspecified atom stereocenters. The van der Waals surface area contributed by atoms with Gasteiger partial charge in [-0.25, -0.2) is 4.99 Å². The Morgan fingerprint density at radius 2 is 1.80 bits per heavy atom. The molecule has 0 fully saturated rings. The average Bonchev–Trinajstić information content (AvgIpc) is 2.64. The van der Waals surface area contributed by atoms with E-state index in [0.29, 0.717) is 10.7 Å². The van der Waals surface area contributed by atoms with Gasteiger partial charge in [0.15, 0.2) is 5.17 Å². The van der Waals surface area contributed by atoms with E-state index in [1.165, 1.54) is 0 Å². The molecule has 0 radical (unpaired) electrons. The summed E-state index contributed by atoms with van der Waals surface area (Å²) in [6.07, 6.45) is 1.63. The third kappa shape index (κ3) is 4.39. The van der Waals surface area contributed by atoms with Crippen molar-refractivity contribution in [1.29, 1.82) is 0 Å². The first-order valence-corrected chi connectivity index (χ1v) is 9.03. The summed E-state index contributed by atoms with van der Waals surface area (Å²) in [6, 6.07) is 21.2. The molecule has 0 saturated heterocycles. The number of phenols is 1. The van der Waals surface area contributed by atoms with Crippen molar-refractivity contribution < 1.29 is 5.11 Å². The van der Waals surface area contributed by atoms with Gasteiger partial charge < -0.3 is 5.11 Å². The second kappa shape index (κ2) is 8.35. The highest BCUT2D eigenvalue weighted by Crippen LogP contribution is 2.25. The standard InChI is InChI=1S/C20H19N3OS/c1-2-25-20(22-16-9-4-3-5-10-16)23-21-14-18-17-11-7-6-8-15(17)12-13-19(18)24/h3-14,24H,2H2,1H3,(H,22,23)/b21-14+. The van der Waals surface area contributed by atoms with Crippen LogP contribution in [0.15, 0.2) is 76.8 Å². The molecule has 0 heterocycles. The number of hydrogen-bond acceptors (Lipinski definition) is 4.